The minimum Gasteiger partial charge on any atom is -0.468 e. The van der Waals surface area contributed by atoms with Crippen LogP contribution >= 0.6 is 0 Å². The van der Waals surface area contributed by atoms with Crippen LogP contribution < -0.4 is 5.32 Å². The van der Waals surface area contributed by atoms with E-state index in [0.717, 1.165) is 25.3 Å². The molecule has 0 spiro atoms. The van der Waals surface area contributed by atoms with E-state index in [2.05, 4.69) is 28.4 Å². The highest BCUT2D eigenvalue weighted by Crippen LogP contribution is 2.28. The molecule has 2 heterocycles. The summed E-state index contributed by atoms with van der Waals surface area (Å²) in [6.07, 6.45) is 2.56. The topological polar surface area (TPSA) is 88.6 Å². The molecule has 0 bridgehead atoms. The lowest BCUT2D eigenvalue weighted by Gasteiger charge is -2.34. The Morgan fingerprint density at radius 3 is 2.72 bits per heavy atom. The third-order valence-corrected chi connectivity index (χ3v) is 5.25. The highest BCUT2D eigenvalue weighted by Gasteiger charge is 2.27. The van der Waals surface area contributed by atoms with Gasteiger partial charge in [-0.25, -0.2) is 0 Å². The number of amides is 1. The number of rotatable bonds is 6. The second-order valence-electron chi connectivity index (χ2n) is 7.04. The fourth-order valence-electron chi connectivity index (χ4n) is 3.73. The summed E-state index contributed by atoms with van der Waals surface area (Å²) in [5.74, 6) is 0.436. The summed E-state index contributed by atoms with van der Waals surface area (Å²) >= 11 is 0. The van der Waals surface area contributed by atoms with Crippen molar-refractivity contribution < 1.29 is 14.1 Å². The van der Waals surface area contributed by atoms with Gasteiger partial charge in [0, 0.05) is 37.3 Å². The van der Waals surface area contributed by atoms with Gasteiger partial charge in [0.05, 0.1) is 17.2 Å². The minimum absolute atomic E-state index is 0.104. The lowest BCUT2D eigenvalue weighted by atomic mass is 9.98. The van der Waals surface area contributed by atoms with Gasteiger partial charge in [-0.3, -0.25) is 19.8 Å². The number of fused-ring (bicyclic) bond motifs is 1. The van der Waals surface area contributed by atoms with Crippen molar-refractivity contribution in [2.45, 2.75) is 19.0 Å². The fourth-order valence-corrected chi connectivity index (χ4v) is 3.73. The molecule has 3 aromatic rings. The van der Waals surface area contributed by atoms with Crippen molar-refractivity contribution >= 4 is 11.6 Å². The largest absolute Gasteiger partial charge is 0.468 e. The van der Waals surface area contributed by atoms with Crippen molar-refractivity contribution in [3.63, 3.8) is 0 Å². The molecule has 1 aliphatic heterocycles. The molecule has 1 amide bonds. The third-order valence-electron chi connectivity index (χ3n) is 5.25. The summed E-state index contributed by atoms with van der Waals surface area (Å²) in [6, 6.07) is 17.7. The zero-order valence-corrected chi connectivity index (χ0v) is 15.8. The summed E-state index contributed by atoms with van der Waals surface area (Å²) < 4.78 is 5.64. The van der Waals surface area contributed by atoms with Crippen molar-refractivity contribution in [2.75, 3.05) is 13.1 Å². The number of carbonyl (C=O) groups is 1. The number of benzene rings is 2. The quantitative estimate of drug-likeness (QED) is 0.511. The SMILES string of the molecule is O=C(NC[C@H](c1ccco1)N1CCc2ccccc2C1)c1cccc([N+](=O)[O-])c1. The lowest BCUT2D eigenvalue weighted by molar-refractivity contribution is -0.384. The van der Waals surface area contributed by atoms with Gasteiger partial charge in [-0.15, -0.1) is 0 Å². The molecule has 0 unspecified atom stereocenters. The van der Waals surface area contributed by atoms with Crippen LogP contribution in [0.25, 0.3) is 0 Å². The van der Waals surface area contributed by atoms with E-state index in [1.807, 2.05) is 18.2 Å². The van der Waals surface area contributed by atoms with Gasteiger partial charge in [0.15, 0.2) is 0 Å². The maximum Gasteiger partial charge on any atom is 0.270 e. The van der Waals surface area contributed by atoms with Crippen LogP contribution in [0.3, 0.4) is 0 Å². The Labute approximate surface area is 168 Å². The van der Waals surface area contributed by atoms with Gasteiger partial charge < -0.3 is 9.73 Å². The number of non-ortho nitro benzene ring substituents is 1. The molecule has 0 saturated carbocycles. The molecular weight excluding hydrogens is 370 g/mol. The summed E-state index contributed by atoms with van der Waals surface area (Å²) in [5, 5.41) is 13.9. The maximum atomic E-state index is 12.6. The smallest absolute Gasteiger partial charge is 0.270 e. The van der Waals surface area contributed by atoms with E-state index in [1.165, 1.54) is 29.3 Å². The van der Waals surface area contributed by atoms with E-state index >= 15 is 0 Å². The molecule has 2 aromatic carbocycles. The van der Waals surface area contributed by atoms with E-state index < -0.39 is 4.92 Å². The van der Waals surface area contributed by atoms with E-state index in [0.29, 0.717) is 6.54 Å². The third kappa shape index (κ3) is 4.20. The van der Waals surface area contributed by atoms with Crippen LogP contribution in [0.4, 0.5) is 5.69 Å². The molecule has 0 radical (unpaired) electrons. The lowest BCUT2D eigenvalue weighted by Crippen LogP contribution is -2.40. The van der Waals surface area contributed by atoms with Crippen molar-refractivity contribution in [1.29, 1.82) is 0 Å². The molecular formula is C22H21N3O4. The Bertz CT molecular complexity index is 1020. The van der Waals surface area contributed by atoms with Crippen molar-refractivity contribution in [2.24, 2.45) is 0 Å². The van der Waals surface area contributed by atoms with Crippen LogP contribution in [0.1, 0.15) is 33.3 Å². The van der Waals surface area contributed by atoms with Gasteiger partial charge in [0.1, 0.15) is 5.76 Å². The molecule has 0 fully saturated rings. The first-order valence-electron chi connectivity index (χ1n) is 9.49. The normalized spacial score (nSPS) is 14.8. The first-order chi connectivity index (χ1) is 14.1. The first kappa shape index (κ1) is 18.9. The van der Waals surface area contributed by atoms with Crippen molar-refractivity contribution in [3.8, 4) is 0 Å². The van der Waals surface area contributed by atoms with E-state index in [-0.39, 0.29) is 23.2 Å². The molecule has 7 nitrogen and oxygen atoms in total. The number of nitrogens with one attached hydrogen (secondary N) is 1. The van der Waals surface area contributed by atoms with Crippen LogP contribution in [0.15, 0.2) is 71.3 Å². The molecule has 7 heteroatoms. The van der Waals surface area contributed by atoms with Crippen LogP contribution in [0, 0.1) is 10.1 Å². The minimum atomic E-state index is -0.506. The number of nitro benzene ring substituents is 1. The van der Waals surface area contributed by atoms with Gasteiger partial charge in [-0.05, 0) is 35.7 Å². The number of hydrogen-bond donors (Lipinski definition) is 1. The summed E-state index contributed by atoms with van der Waals surface area (Å²) in [5.41, 5.74) is 2.79. The zero-order valence-electron chi connectivity index (χ0n) is 15.8. The number of nitro groups is 1. The van der Waals surface area contributed by atoms with Gasteiger partial charge >= 0.3 is 0 Å². The van der Waals surface area contributed by atoms with E-state index in [4.69, 9.17) is 4.42 Å². The summed E-state index contributed by atoms with van der Waals surface area (Å²) in [6.45, 7) is 1.97. The Balaban J connectivity index is 1.50. The van der Waals surface area contributed by atoms with Gasteiger partial charge in [0.2, 0.25) is 0 Å². The monoisotopic (exact) mass is 391 g/mol. The molecule has 0 saturated heterocycles. The average molecular weight is 391 g/mol. The Morgan fingerprint density at radius 1 is 1.14 bits per heavy atom. The van der Waals surface area contributed by atoms with Gasteiger partial charge in [-0.1, -0.05) is 30.3 Å². The predicted octanol–water partition coefficient (Wildman–Crippen LogP) is 3.72. The Morgan fingerprint density at radius 2 is 1.97 bits per heavy atom. The van der Waals surface area contributed by atoms with Crippen LogP contribution in [-0.4, -0.2) is 28.8 Å². The number of nitrogens with zero attached hydrogens (tertiary/aromatic N) is 2. The molecule has 1 aliphatic rings. The predicted molar refractivity (Wildman–Crippen MR) is 107 cm³/mol. The molecule has 1 aromatic heterocycles. The molecule has 0 aliphatic carbocycles. The summed E-state index contributed by atoms with van der Waals surface area (Å²) in [4.78, 5) is 25.3. The molecule has 4 rings (SSSR count). The standard InChI is InChI=1S/C22H21N3O4/c26-22(17-7-3-8-19(13-17)25(27)28)23-14-20(21-9-4-12-29-21)24-11-10-16-5-1-2-6-18(16)15-24/h1-9,12-13,20H,10-11,14-15H2,(H,23,26)/t20-/m1/s1. The van der Waals surface area contributed by atoms with E-state index in [9.17, 15) is 14.9 Å². The average Bonchev–Trinajstić information content (AvgIpc) is 3.28. The second kappa shape index (κ2) is 8.28. The van der Waals surface area contributed by atoms with Crippen molar-refractivity contribution in [3.05, 3.63) is 99.5 Å². The van der Waals surface area contributed by atoms with Crippen LogP contribution in [0.2, 0.25) is 0 Å². The number of carbonyl (C=O) groups excluding carboxylic acids is 1. The molecule has 1 N–H and O–H groups in total. The Kier molecular flexibility index (Phi) is 5.39. The van der Waals surface area contributed by atoms with Crippen LogP contribution in [-0.2, 0) is 13.0 Å². The maximum absolute atomic E-state index is 12.6. The van der Waals surface area contributed by atoms with Gasteiger partial charge in [0.25, 0.3) is 11.6 Å². The first-order valence-corrected chi connectivity index (χ1v) is 9.49. The Hall–Kier alpha value is -3.45. The number of furan rings is 1. The molecule has 1 atom stereocenters. The van der Waals surface area contributed by atoms with Gasteiger partial charge in [-0.2, -0.15) is 0 Å². The highest BCUT2D eigenvalue weighted by molar-refractivity contribution is 5.94. The molecule has 148 valence electrons. The van der Waals surface area contributed by atoms with E-state index in [1.54, 1.807) is 12.3 Å². The fraction of sp³-hybridized carbons (Fsp3) is 0.227. The number of hydrogen-bond acceptors (Lipinski definition) is 5. The molecule has 29 heavy (non-hydrogen) atoms. The van der Waals surface area contributed by atoms with Crippen molar-refractivity contribution in [1.82, 2.24) is 10.2 Å². The summed E-state index contributed by atoms with van der Waals surface area (Å²) in [7, 11) is 0. The zero-order chi connectivity index (χ0) is 20.2. The second-order valence-corrected chi connectivity index (χ2v) is 7.04. The highest BCUT2D eigenvalue weighted by atomic mass is 16.6. The van der Waals surface area contributed by atoms with Crippen LogP contribution in [0.5, 0.6) is 0 Å².